The van der Waals surface area contributed by atoms with E-state index >= 15 is 0 Å². The molecule has 0 aliphatic carbocycles. The predicted molar refractivity (Wildman–Crippen MR) is 81.9 cm³/mol. The SMILES string of the molecule is COc1ccccc1S(=O)(=O)Nc1c(C)cccc1C(=O)O. The average molecular weight is 321 g/mol. The van der Waals surface area contributed by atoms with Gasteiger partial charge in [-0.25, -0.2) is 13.2 Å². The quantitative estimate of drug-likeness (QED) is 0.882. The normalized spacial score (nSPS) is 11.0. The molecule has 7 heteroatoms. The zero-order valence-corrected chi connectivity index (χ0v) is 12.8. The van der Waals surface area contributed by atoms with Gasteiger partial charge in [-0.2, -0.15) is 0 Å². The van der Waals surface area contributed by atoms with Crippen molar-refractivity contribution in [3.63, 3.8) is 0 Å². The first-order valence-electron chi connectivity index (χ1n) is 6.35. The fourth-order valence-corrected chi connectivity index (χ4v) is 3.34. The molecule has 6 nitrogen and oxygen atoms in total. The maximum Gasteiger partial charge on any atom is 0.337 e. The molecule has 0 spiro atoms. The van der Waals surface area contributed by atoms with E-state index in [-0.39, 0.29) is 21.9 Å². The van der Waals surface area contributed by atoms with Crippen LogP contribution in [0, 0.1) is 6.92 Å². The fraction of sp³-hybridized carbons (Fsp3) is 0.133. The number of rotatable bonds is 5. The Bertz CT molecular complexity index is 814. The highest BCUT2D eigenvalue weighted by atomic mass is 32.2. The summed E-state index contributed by atoms with van der Waals surface area (Å²) in [5.41, 5.74) is 0.442. The molecule has 0 aromatic heterocycles. The molecule has 0 saturated carbocycles. The summed E-state index contributed by atoms with van der Waals surface area (Å²) in [4.78, 5) is 11.2. The van der Waals surface area contributed by atoms with E-state index in [9.17, 15) is 18.3 Å². The van der Waals surface area contributed by atoms with Crippen LogP contribution in [-0.4, -0.2) is 26.6 Å². The highest BCUT2D eigenvalue weighted by molar-refractivity contribution is 7.92. The zero-order chi connectivity index (χ0) is 16.3. The summed E-state index contributed by atoms with van der Waals surface area (Å²) in [7, 11) is -2.61. The van der Waals surface area contributed by atoms with Gasteiger partial charge in [-0.05, 0) is 30.7 Å². The number of carbonyl (C=O) groups is 1. The van der Waals surface area contributed by atoms with Gasteiger partial charge >= 0.3 is 5.97 Å². The van der Waals surface area contributed by atoms with Crippen molar-refractivity contribution in [2.75, 3.05) is 11.8 Å². The van der Waals surface area contributed by atoms with Gasteiger partial charge in [0.15, 0.2) is 0 Å². The van der Waals surface area contributed by atoms with E-state index < -0.39 is 16.0 Å². The summed E-state index contributed by atoms with van der Waals surface area (Å²) < 4.78 is 32.4. The van der Waals surface area contributed by atoms with Gasteiger partial charge < -0.3 is 9.84 Å². The third-order valence-corrected chi connectivity index (χ3v) is 4.49. The molecule has 2 N–H and O–H groups in total. The summed E-state index contributed by atoms with van der Waals surface area (Å²) >= 11 is 0. The van der Waals surface area contributed by atoms with Crippen LogP contribution in [0.2, 0.25) is 0 Å². The van der Waals surface area contributed by atoms with Gasteiger partial charge in [0.25, 0.3) is 10.0 Å². The predicted octanol–water partition coefficient (Wildman–Crippen LogP) is 2.50. The number of carboxylic acids is 1. The standard InChI is InChI=1S/C15H15NO5S/c1-10-6-5-7-11(15(17)18)14(10)16-22(19,20)13-9-4-3-8-12(13)21-2/h3-9,16H,1-2H3,(H,17,18). The number of carboxylic acid groups (broad SMARTS) is 1. The Balaban J connectivity index is 2.53. The molecule has 0 atom stereocenters. The van der Waals surface area contributed by atoms with Crippen molar-refractivity contribution >= 4 is 21.7 Å². The smallest absolute Gasteiger partial charge is 0.337 e. The van der Waals surface area contributed by atoms with Gasteiger partial charge in [0, 0.05) is 0 Å². The second-order valence-corrected chi connectivity index (χ2v) is 6.21. The first-order valence-corrected chi connectivity index (χ1v) is 7.84. The van der Waals surface area contributed by atoms with E-state index in [2.05, 4.69) is 4.72 Å². The molecule has 0 saturated heterocycles. The van der Waals surface area contributed by atoms with Crippen molar-refractivity contribution in [3.8, 4) is 5.75 Å². The van der Waals surface area contributed by atoms with Crippen LogP contribution >= 0.6 is 0 Å². The largest absolute Gasteiger partial charge is 0.495 e. The Morgan fingerprint density at radius 3 is 2.45 bits per heavy atom. The van der Waals surface area contributed by atoms with Crippen LogP contribution in [0.15, 0.2) is 47.4 Å². The Kier molecular flexibility index (Phi) is 4.37. The number of methoxy groups -OCH3 is 1. The topological polar surface area (TPSA) is 92.7 Å². The summed E-state index contributed by atoms with van der Waals surface area (Å²) in [5, 5.41) is 9.20. The Morgan fingerprint density at radius 2 is 1.82 bits per heavy atom. The van der Waals surface area contributed by atoms with Crippen LogP contribution in [0.1, 0.15) is 15.9 Å². The van der Waals surface area contributed by atoms with Crippen molar-refractivity contribution < 1.29 is 23.1 Å². The first-order chi connectivity index (χ1) is 10.4. The van der Waals surface area contributed by atoms with Crippen LogP contribution in [0.5, 0.6) is 5.75 Å². The van der Waals surface area contributed by atoms with E-state index in [4.69, 9.17) is 4.74 Å². The highest BCUT2D eigenvalue weighted by Crippen LogP contribution is 2.28. The van der Waals surface area contributed by atoms with Crippen LogP contribution in [0.4, 0.5) is 5.69 Å². The molecule has 2 aromatic rings. The average Bonchev–Trinajstić information content (AvgIpc) is 2.48. The Labute approximate surface area is 128 Å². The van der Waals surface area contributed by atoms with Gasteiger partial charge in [0.2, 0.25) is 0 Å². The van der Waals surface area contributed by atoms with Gasteiger partial charge in [0.1, 0.15) is 10.6 Å². The Hall–Kier alpha value is -2.54. The lowest BCUT2D eigenvalue weighted by Crippen LogP contribution is -2.17. The molecule has 2 rings (SSSR count). The molecule has 0 bridgehead atoms. The molecular formula is C15H15NO5S. The molecule has 0 heterocycles. The lowest BCUT2D eigenvalue weighted by atomic mass is 10.1. The number of sulfonamides is 1. The lowest BCUT2D eigenvalue weighted by Gasteiger charge is -2.14. The molecule has 2 aromatic carbocycles. The molecule has 0 radical (unpaired) electrons. The number of anilines is 1. The number of aromatic carboxylic acids is 1. The minimum absolute atomic E-state index is 0.0425. The monoisotopic (exact) mass is 321 g/mol. The first kappa shape index (κ1) is 15.8. The van der Waals surface area contributed by atoms with E-state index in [1.165, 1.54) is 25.3 Å². The van der Waals surface area contributed by atoms with Crippen molar-refractivity contribution in [1.82, 2.24) is 0 Å². The molecule has 0 unspecified atom stereocenters. The summed E-state index contributed by atoms with van der Waals surface area (Å²) in [5.74, 6) is -1.03. The van der Waals surface area contributed by atoms with Gasteiger partial charge in [-0.15, -0.1) is 0 Å². The van der Waals surface area contributed by atoms with E-state index in [0.717, 1.165) is 0 Å². The van der Waals surface area contributed by atoms with Crippen molar-refractivity contribution in [2.45, 2.75) is 11.8 Å². The number of ether oxygens (including phenoxy) is 1. The number of aryl methyl sites for hydroxylation is 1. The molecule has 116 valence electrons. The van der Waals surface area contributed by atoms with E-state index in [1.807, 2.05) is 0 Å². The highest BCUT2D eigenvalue weighted by Gasteiger charge is 2.22. The Morgan fingerprint density at radius 1 is 1.14 bits per heavy atom. The van der Waals surface area contributed by atoms with Gasteiger partial charge in [-0.1, -0.05) is 24.3 Å². The molecule has 0 aliphatic heterocycles. The van der Waals surface area contributed by atoms with Gasteiger partial charge in [-0.3, -0.25) is 4.72 Å². The lowest BCUT2D eigenvalue weighted by molar-refractivity contribution is 0.0698. The van der Waals surface area contributed by atoms with Crippen molar-refractivity contribution in [1.29, 1.82) is 0 Å². The number of hydrogen-bond donors (Lipinski definition) is 2. The summed E-state index contributed by atoms with van der Waals surface area (Å²) in [6.07, 6.45) is 0. The summed E-state index contributed by atoms with van der Waals surface area (Å²) in [6, 6.07) is 10.6. The number of benzene rings is 2. The molecule has 0 aliphatic rings. The minimum atomic E-state index is -3.97. The van der Waals surface area contributed by atoms with E-state index in [1.54, 1.807) is 31.2 Å². The molecule has 0 amide bonds. The maximum absolute atomic E-state index is 12.5. The molecule has 22 heavy (non-hydrogen) atoms. The third kappa shape index (κ3) is 3.04. The van der Waals surface area contributed by atoms with Gasteiger partial charge in [0.05, 0.1) is 18.4 Å². The summed E-state index contributed by atoms with van der Waals surface area (Å²) in [6.45, 7) is 1.63. The second kappa shape index (κ2) is 6.07. The minimum Gasteiger partial charge on any atom is -0.495 e. The molecular weight excluding hydrogens is 306 g/mol. The van der Waals surface area contributed by atoms with Crippen molar-refractivity contribution in [2.24, 2.45) is 0 Å². The third-order valence-electron chi connectivity index (χ3n) is 3.10. The van der Waals surface area contributed by atoms with Crippen LogP contribution < -0.4 is 9.46 Å². The van der Waals surface area contributed by atoms with Crippen LogP contribution in [0.3, 0.4) is 0 Å². The van der Waals surface area contributed by atoms with Crippen molar-refractivity contribution in [3.05, 3.63) is 53.6 Å². The number of hydrogen-bond acceptors (Lipinski definition) is 4. The fourth-order valence-electron chi connectivity index (χ4n) is 2.01. The van der Waals surface area contributed by atoms with Crippen LogP contribution in [-0.2, 0) is 10.0 Å². The zero-order valence-electron chi connectivity index (χ0n) is 12.0. The number of para-hydroxylation sites is 2. The molecule has 0 fully saturated rings. The van der Waals surface area contributed by atoms with E-state index in [0.29, 0.717) is 5.56 Å². The van der Waals surface area contributed by atoms with Crippen LogP contribution in [0.25, 0.3) is 0 Å². The maximum atomic E-state index is 12.5. The second-order valence-electron chi connectivity index (χ2n) is 4.56. The number of nitrogens with one attached hydrogen (secondary N) is 1.